The molecule has 3 rings (SSSR count). The normalized spacial score (nSPS) is 18.1. The zero-order valence-corrected chi connectivity index (χ0v) is 20.5. The lowest BCUT2D eigenvalue weighted by atomic mass is 10.1. The first kappa shape index (κ1) is 24.6. The molecule has 2 heterocycles. The van der Waals surface area contributed by atoms with Gasteiger partial charge in [-0.2, -0.15) is 0 Å². The number of ether oxygens (including phenoxy) is 2. The summed E-state index contributed by atoms with van der Waals surface area (Å²) in [5.41, 5.74) is 3.23. The Morgan fingerprint density at radius 2 is 1.91 bits per heavy atom. The maximum absolute atomic E-state index is 12.1. The average Bonchev–Trinajstić information content (AvgIpc) is 3.19. The highest BCUT2D eigenvalue weighted by Gasteiger charge is 2.37. The Balaban J connectivity index is 1.93. The molecule has 1 fully saturated rings. The van der Waals surface area contributed by atoms with Crippen LogP contribution in [0.3, 0.4) is 0 Å². The molecule has 1 aliphatic rings. The van der Waals surface area contributed by atoms with Crippen LogP contribution in [-0.2, 0) is 22.3 Å². The Bertz CT molecular complexity index is 957. The molecule has 32 heavy (non-hydrogen) atoms. The van der Waals surface area contributed by atoms with Gasteiger partial charge in [0.05, 0.1) is 47.9 Å². The van der Waals surface area contributed by atoms with Crippen LogP contribution in [0.1, 0.15) is 38.6 Å². The minimum absolute atomic E-state index is 0.116. The van der Waals surface area contributed by atoms with E-state index in [-0.39, 0.29) is 18.2 Å². The lowest BCUT2D eigenvalue weighted by Gasteiger charge is -2.22. The number of methoxy groups -OCH3 is 1. The molecular weight excluding hydrogens is 451 g/mol. The predicted octanol–water partition coefficient (Wildman–Crippen LogP) is 5.23. The first-order chi connectivity index (χ1) is 15.4. The molecule has 1 aliphatic heterocycles. The number of hydrogen-bond acceptors (Lipinski definition) is 6. The molecule has 1 aromatic carbocycles. The summed E-state index contributed by atoms with van der Waals surface area (Å²) in [6, 6.07) is 5.28. The Labute approximate surface area is 199 Å². The van der Waals surface area contributed by atoms with E-state index in [4.69, 9.17) is 42.6 Å². The Hall–Kier alpha value is -2.09. The van der Waals surface area contributed by atoms with Crippen molar-refractivity contribution in [2.45, 2.75) is 52.2 Å². The second-order valence-corrected chi connectivity index (χ2v) is 8.52. The number of aryl methyl sites for hydroxylation is 2. The molecule has 1 aromatic heterocycles. The molecule has 2 atom stereocenters. The summed E-state index contributed by atoms with van der Waals surface area (Å²) in [4.78, 5) is 23.6. The van der Waals surface area contributed by atoms with Crippen LogP contribution in [0, 0.1) is 0 Å². The first-order valence-corrected chi connectivity index (χ1v) is 11.7. The standard InChI is InChI=1S/C23H30Cl2N4O3/c1-5-10-32-20-13-29(23(30)31-4)12-19(20)28-22-18(7-3)26-21(17(6-2)27-22)15-9-8-14(24)11-16(15)25/h8-9,11,19-20H,5-7,10,12-13H2,1-4H3,(H,27,28). The number of rotatable bonds is 8. The minimum atomic E-state index is -0.358. The summed E-state index contributed by atoms with van der Waals surface area (Å²) in [7, 11) is 1.39. The number of amides is 1. The van der Waals surface area contributed by atoms with E-state index in [0.717, 1.165) is 29.1 Å². The number of halogens is 2. The third-order valence-electron chi connectivity index (χ3n) is 5.45. The zero-order chi connectivity index (χ0) is 23.3. The van der Waals surface area contributed by atoms with Gasteiger partial charge in [-0.05, 0) is 37.5 Å². The maximum Gasteiger partial charge on any atom is 0.409 e. The second kappa shape index (κ2) is 11.2. The minimum Gasteiger partial charge on any atom is -0.453 e. The van der Waals surface area contributed by atoms with Crippen molar-refractivity contribution in [1.29, 1.82) is 0 Å². The van der Waals surface area contributed by atoms with Gasteiger partial charge in [0, 0.05) is 23.7 Å². The highest BCUT2D eigenvalue weighted by atomic mass is 35.5. The Morgan fingerprint density at radius 3 is 2.53 bits per heavy atom. The van der Waals surface area contributed by atoms with Crippen LogP contribution in [0.2, 0.25) is 10.0 Å². The van der Waals surface area contributed by atoms with Gasteiger partial charge in [-0.1, -0.05) is 44.0 Å². The van der Waals surface area contributed by atoms with Crippen LogP contribution in [0.25, 0.3) is 11.3 Å². The molecule has 2 aromatic rings. The molecule has 0 radical (unpaired) electrons. The number of anilines is 1. The van der Waals surface area contributed by atoms with Crippen LogP contribution in [-0.4, -0.2) is 59.9 Å². The number of benzene rings is 1. The average molecular weight is 481 g/mol. The molecule has 0 spiro atoms. The van der Waals surface area contributed by atoms with Crippen molar-refractivity contribution < 1.29 is 14.3 Å². The van der Waals surface area contributed by atoms with Gasteiger partial charge in [0.2, 0.25) is 0 Å². The molecule has 2 unspecified atom stereocenters. The highest BCUT2D eigenvalue weighted by molar-refractivity contribution is 6.36. The fourth-order valence-corrected chi connectivity index (χ4v) is 4.31. The molecule has 0 aliphatic carbocycles. The van der Waals surface area contributed by atoms with Crippen molar-refractivity contribution in [1.82, 2.24) is 14.9 Å². The molecule has 174 valence electrons. The molecule has 9 heteroatoms. The van der Waals surface area contributed by atoms with Crippen LogP contribution >= 0.6 is 23.2 Å². The van der Waals surface area contributed by atoms with Crippen molar-refractivity contribution in [3.05, 3.63) is 39.6 Å². The Kier molecular flexibility index (Phi) is 8.57. The highest BCUT2D eigenvalue weighted by Crippen LogP contribution is 2.33. The molecule has 1 amide bonds. The van der Waals surface area contributed by atoms with Gasteiger partial charge in [0.15, 0.2) is 0 Å². The smallest absolute Gasteiger partial charge is 0.409 e. The van der Waals surface area contributed by atoms with E-state index in [0.29, 0.717) is 48.4 Å². The fraction of sp³-hybridized carbons (Fsp3) is 0.522. The van der Waals surface area contributed by atoms with Crippen LogP contribution < -0.4 is 5.32 Å². The first-order valence-electron chi connectivity index (χ1n) is 11.0. The van der Waals surface area contributed by atoms with E-state index in [2.05, 4.69) is 12.2 Å². The molecule has 1 N–H and O–H groups in total. The SMILES string of the molecule is CCCOC1CN(C(=O)OC)CC1Nc1nc(CC)c(-c2ccc(Cl)cc2Cl)nc1CC. The van der Waals surface area contributed by atoms with Gasteiger partial charge in [0.25, 0.3) is 0 Å². The molecular formula is C23H30Cl2N4O3. The number of nitrogens with one attached hydrogen (secondary N) is 1. The van der Waals surface area contributed by atoms with Gasteiger partial charge in [0.1, 0.15) is 5.82 Å². The lowest BCUT2D eigenvalue weighted by Crippen LogP contribution is -2.35. The van der Waals surface area contributed by atoms with E-state index >= 15 is 0 Å². The number of hydrogen-bond donors (Lipinski definition) is 1. The molecule has 0 bridgehead atoms. The van der Waals surface area contributed by atoms with Gasteiger partial charge in [-0.25, -0.2) is 14.8 Å². The summed E-state index contributed by atoms with van der Waals surface area (Å²) >= 11 is 12.5. The predicted molar refractivity (Wildman–Crippen MR) is 128 cm³/mol. The van der Waals surface area contributed by atoms with Gasteiger partial charge < -0.3 is 19.7 Å². The number of carbonyl (C=O) groups excluding carboxylic acids is 1. The van der Waals surface area contributed by atoms with E-state index in [1.54, 1.807) is 17.0 Å². The maximum atomic E-state index is 12.1. The monoisotopic (exact) mass is 480 g/mol. The largest absolute Gasteiger partial charge is 0.453 e. The number of nitrogens with zero attached hydrogens (tertiary/aromatic N) is 3. The lowest BCUT2D eigenvalue weighted by molar-refractivity contribution is 0.0529. The van der Waals surface area contributed by atoms with Crippen molar-refractivity contribution in [3.63, 3.8) is 0 Å². The molecule has 7 nitrogen and oxygen atoms in total. The third-order valence-corrected chi connectivity index (χ3v) is 6.00. The summed E-state index contributed by atoms with van der Waals surface area (Å²) in [5, 5.41) is 4.62. The topological polar surface area (TPSA) is 76.6 Å². The Morgan fingerprint density at radius 1 is 1.16 bits per heavy atom. The van der Waals surface area contributed by atoms with E-state index in [1.807, 2.05) is 19.9 Å². The quantitative estimate of drug-likeness (QED) is 0.556. The zero-order valence-electron chi connectivity index (χ0n) is 19.0. The van der Waals surface area contributed by atoms with Crippen molar-refractivity contribution in [2.24, 2.45) is 0 Å². The second-order valence-electron chi connectivity index (χ2n) is 7.68. The van der Waals surface area contributed by atoms with Crippen molar-refractivity contribution in [2.75, 3.05) is 32.1 Å². The summed E-state index contributed by atoms with van der Waals surface area (Å²) in [6.45, 7) is 7.70. The molecule has 0 saturated carbocycles. The van der Waals surface area contributed by atoms with E-state index < -0.39 is 0 Å². The van der Waals surface area contributed by atoms with Crippen LogP contribution in [0.4, 0.5) is 10.6 Å². The number of likely N-dealkylation sites (tertiary alicyclic amines) is 1. The van der Waals surface area contributed by atoms with Gasteiger partial charge in [-0.15, -0.1) is 0 Å². The summed E-state index contributed by atoms with van der Waals surface area (Å²) < 4.78 is 10.9. The summed E-state index contributed by atoms with van der Waals surface area (Å²) in [5.74, 6) is 0.708. The van der Waals surface area contributed by atoms with Crippen molar-refractivity contribution in [3.8, 4) is 11.3 Å². The van der Waals surface area contributed by atoms with Gasteiger partial charge in [-0.3, -0.25) is 0 Å². The fourth-order valence-electron chi connectivity index (χ4n) is 3.82. The van der Waals surface area contributed by atoms with Crippen LogP contribution in [0.5, 0.6) is 0 Å². The number of aromatic nitrogens is 2. The van der Waals surface area contributed by atoms with E-state index in [1.165, 1.54) is 7.11 Å². The van der Waals surface area contributed by atoms with E-state index in [9.17, 15) is 4.79 Å². The summed E-state index contributed by atoms with van der Waals surface area (Å²) in [6.07, 6.45) is 1.76. The number of carbonyl (C=O) groups is 1. The van der Waals surface area contributed by atoms with Crippen LogP contribution in [0.15, 0.2) is 18.2 Å². The third kappa shape index (κ3) is 5.45. The molecule has 1 saturated heterocycles. The van der Waals surface area contributed by atoms with Crippen molar-refractivity contribution >= 4 is 35.1 Å². The van der Waals surface area contributed by atoms with Gasteiger partial charge >= 0.3 is 6.09 Å².